The van der Waals surface area contributed by atoms with E-state index in [4.69, 9.17) is 9.47 Å². The lowest BCUT2D eigenvalue weighted by molar-refractivity contribution is -0.136. The number of rotatable bonds is 3. The number of ether oxygens (including phenoxy) is 2. The highest BCUT2D eigenvalue weighted by molar-refractivity contribution is 5.94. The molecule has 1 saturated heterocycles. The second-order valence-corrected chi connectivity index (χ2v) is 7.64. The zero-order chi connectivity index (χ0) is 21.1. The second kappa shape index (κ2) is 8.73. The van der Waals surface area contributed by atoms with E-state index in [-0.39, 0.29) is 23.3 Å². The van der Waals surface area contributed by atoms with Crippen LogP contribution in [0.4, 0.5) is 4.39 Å². The molecular formula is C23H25FN2O4. The van der Waals surface area contributed by atoms with E-state index in [0.717, 1.165) is 17.1 Å². The molecule has 1 atom stereocenters. The highest BCUT2D eigenvalue weighted by Crippen LogP contribution is 2.31. The number of methoxy groups -OCH3 is 1. The van der Waals surface area contributed by atoms with Gasteiger partial charge in [0.1, 0.15) is 23.9 Å². The first kappa shape index (κ1) is 20.2. The maximum absolute atomic E-state index is 14.0. The minimum absolute atomic E-state index is 0.0312. The van der Waals surface area contributed by atoms with Gasteiger partial charge in [0.05, 0.1) is 18.6 Å². The highest BCUT2D eigenvalue weighted by atomic mass is 19.1. The molecule has 0 bridgehead atoms. The molecule has 2 aromatic rings. The number of amides is 2. The number of nitrogens with zero attached hydrogens (tertiary/aromatic N) is 2. The monoisotopic (exact) mass is 412 g/mol. The number of carbonyl (C=O) groups is 2. The van der Waals surface area contributed by atoms with Gasteiger partial charge in [-0.2, -0.15) is 0 Å². The van der Waals surface area contributed by atoms with Gasteiger partial charge in [-0.05, 0) is 48.7 Å². The molecule has 0 saturated carbocycles. The topological polar surface area (TPSA) is 59.1 Å². The van der Waals surface area contributed by atoms with Crippen LogP contribution in [0.2, 0.25) is 0 Å². The first-order chi connectivity index (χ1) is 14.6. The van der Waals surface area contributed by atoms with Crippen LogP contribution in [0.1, 0.15) is 22.3 Å². The fourth-order valence-electron chi connectivity index (χ4n) is 4.06. The van der Waals surface area contributed by atoms with Crippen molar-refractivity contribution in [2.45, 2.75) is 12.8 Å². The number of carbonyl (C=O) groups excluding carboxylic acids is 2. The molecule has 0 aliphatic carbocycles. The Balaban J connectivity index is 1.40. The standard InChI is InChI=1S/C23H25FN2O4/c1-29-18-7-8-21-16(14-18)13-17(15-30-21)22(27)25-9-4-10-26(12-11-25)23(28)19-5-2-3-6-20(19)24/h2-3,5-8,14,17H,4,9-13,15H2,1H3. The number of hydrogen-bond acceptors (Lipinski definition) is 4. The molecule has 7 heteroatoms. The van der Waals surface area contributed by atoms with Crippen molar-refractivity contribution in [2.75, 3.05) is 39.9 Å². The second-order valence-electron chi connectivity index (χ2n) is 7.64. The maximum Gasteiger partial charge on any atom is 0.256 e. The van der Waals surface area contributed by atoms with Crippen molar-refractivity contribution in [3.63, 3.8) is 0 Å². The van der Waals surface area contributed by atoms with Crippen molar-refractivity contribution >= 4 is 11.8 Å². The summed E-state index contributed by atoms with van der Waals surface area (Å²) in [5.74, 6) is 0.444. The lowest BCUT2D eigenvalue weighted by Crippen LogP contribution is -2.43. The predicted molar refractivity (Wildman–Crippen MR) is 109 cm³/mol. The fraction of sp³-hybridized carbons (Fsp3) is 0.391. The smallest absolute Gasteiger partial charge is 0.256 e. The lowest BCUT2D eigenvalue weighted by Gasteiger charge is -2.30. The largest absolute Gasteiger partial charge is 0.497 e. The summed E-state index contributed by atoms with van der Waals surface area (Å²) in [6.45, 7) is 2.23. The number of benzene rings is 2. The van der Waals surface area contributed by atoms with Crippen molar-refractivity contribution in [3.8, 4) is 11.5 Å². The summed E-state index contributed by atoms with van der Waals surface area (Å²) in [6.07, 6.45) is 1.25. The Labute approximate surface area is 175 Å². The van der Waals surface area contributed by atoms with Crippen LogP contribution in [0.5, 0.6) is 11.5 Å². The van der Waals surface area contributed by atoms with Gasteiger partial charge in [-0.15, -0.1) is 0 Å². The molecule has 6 nitrogen and oxygen atoms in total. The lowest BCUT2D eigenvalue weighted by atomic mass is 9.95. The zero-order valence-electron chi connectivity index (χ0n) is 17.0. The van der Waals surface area contributed by atoms with E-state index >= 15 is 0 Å². The molecule has 2 aromatic carbocycles. The SMILES string of the molecule is COc1ccc2c(c1)CC(C(=O)N1CCCN(C(=O)c3ccccc3F)CC1)CO2. The summed E-state index contributed by atoms with van der Waals surface area (Å²) >= 11 is 0. The molecule has 0 spiro atoms. The van der Waals surface area contributed by atoms with Crippen LogP contribution in [0, 0.1) is 11.7 Å². The average molecular weight is 412 g/mol. The summed E-state index contributed by atoms with van der Waals surface area (Å²) in [6, 6.07) is 11.6. The summed E-state index contributed by atoms with van der Waals surface area (Å²) < 4.78 is 25.1. The molecule has 0 aromatic heterocycles. The third-order valence-corrected chi connectivity index (χ3v) is 5.72. The molecule has 2 heterocycles. The van der Waals surface area contributed by atoms with Crippen LogP contribution in [0.3, 0.4) is 0 Å². The third kappa shape index (κ3) is 4.10. The third-order valence-electron chi connectivity index (χ3n) is 5.72. The van der Waals surface area contributed by atoms with Crippen LogP contribution in [-0.4, -0.2) is 61.5 Å². The van der Waals surface area contributed by atoms with Crippen LogP contribution in [0.25, 0.3) is 0 Å². The van der Waals surface area contributed by atoms with Crippen LogP contribution >= 0.6 is 0 Å². The minimum atomic E-state index is -0.520. The van der Waals surface area contributed by atoms with Gasteiger partial charge in [0.25, 0.3) is 5.91 Å². The predicted octanol–water partition coefficient (Wildman–Crippen LogP) is 2.76. The van der Waals surface area contributed by atoms with Crippen LogP contribution in [-0.2, 0) is 11.2 Å². The normalized spacial score (nSPS) is 18.8. The molecule has 2 aliphatic rings. The summed E-state index contributed by atoms with van der Waals surface area (Å²) in [7, 11) is 1.61. The average Bonchev–Trinajstić information content (AvgIpc) is 3.04. The zero-order valence-corrected chi connectivity index (χ0v) is 17.0. The van der Waals surface area contributed by atoms with Crippen LogP contribution < -0.4 is 9.47 Å². The first-order valence-electron chi connectivity index (χ1n) is 10.2. The van der Waals surface area contributed by atoms with E-state index in [1.807, 2.05) is 18.2 Å². The van der Waals surface area contributed by atoms with E-state index in [1.165, 1.54) is 12.1 Å². The molecule has 158 valence electrons. The Morgan fingerprint density at radius 1 is 1.07 bits per heavy atom. The quantitative estimate of drug-likeness (QED) is 0.778. The van der Waals surface area contributed by atoms with Gasteiger partial charge in [-0.25, -0.2) is 4.39 Å². The Kier molecular flexibility index (Phi) is 5.88. The van der Waals surface area contributed by atoms with Crippen molar-refractivity contribution in [1.29, 1.82) is 0 Å². The van der Waals surface area contributed by atoms with E-state index in [0.29, 0.717) is 45.6 Å². The molecule has 30 heavy (non-hydrogen) atoms. The molecule has 1 unspecified atom stereocenters. The van der Waals surface area contributed by atoms with E-state index in [1.54, 1.807) is 29.0 Å². The van der Waals surface area contributed by atoms with Crippen molar-refractivity contribution < 1.29 is 23.5 Å². The van der Waals surface area contributed by atoms with E-state index in [2.05, 4.69) is 0 Å². The fourth-order valence-corrected chi connectivity index (χ4v) is 4.06. The molecular weight excluding hydrogens is 387 g/mol. The molecule has 0 N–H and O–H groups in total. The van der Waals surface area contributed by atoms with Crippen LogP contribution in [0.15, 0.2) is 42.5 Å². The molecule has 4 rings (SSSR count). The Morgan fingerprint density at radius 3 is 2.63 bits per heavy atom. The molecule has 1 fully saturated rings. The highest BCUT2D eigenvalue weighted by Gasteiger charge is 2.31. The van der Waals surface area contributed by atoms with E-state index < -0.39 is 5.82 Å². The Hall–Kier alpha value is -3.09. The van der Waals surface area contributed by atoms with Gasteiger partial charge >= 0.3 is 0 Å². The van der Waals surface area contributed by atoms with Crippen molar-refractivity contribution in [2.24, 2.45) is 5.92 Å². The molecule has 2 amide bonds. The van der Waals surface area contributed by atoms with Gasteiger partial charge in [-0.1, -0.05) is 12.1 Å². The first-order valence-corrected chi connectivity index (χ1v) is 10.2. The van der Waals surface area contributed by atoms with Gasteiger partial charge < -0.3 is 19.3 Å². The Bertz CT molecular complexity index is 949. The summed E-state index contributed by atoms with van der Waals surface area (Å²) in [4.78, 5) is 29.2. The van der Waals surface area contributed by atoms with Gasteiger partial charge in [0.2, 0.25) is 5.91 Å². The number of hydrogen-bond donors (Lipinski definition) is 0. The van der Waals surface area contributed by atoms with Gasteiger partial charge in [-0.3, -0.25) is 9.59 Å². The number of halogens is 1. The molecule has 2 aliphatic heterocycles. The Morgan fingerprint density at radius 2 is 1.83 bits per heavy atom. The minimum Gasteiger partial charge on any atom is -0.497 e. The van der Waals surface area contributed by atoms with Crippen molar-refractivity contribution in [1.82, 2.24) is 9.80 Å². The summed E-state index contributed by atoms with van der Waals surface area (Å²) in [5.41, 5.74) is 1.04. The van der Waals surface area contributed by atoms with Gasteiger partial charge in [0.15, 0.2) is 0 Å². The van der Waals surface area contributed by atoms with E-state index in [9.17, 15) is 14.0 Å². The van der Waals surface area contributed by atoms with Gasteiger partial charge in [0, 0.05) is 26.2 Å². The number of fused-ring (bicyclic) bond motifs is 1. The molecule has 0 radical (unpaired) electrons. The summed E-state index contributed by atoms with van der Waals surface area (Å²) in [5, 5.41) is 0. The van der Waals surface area contributed by atoms with Crippen molar-refractivity contribution in [3.05, 3.63) is 59.4 Å². The maximum atomic E-state index is 14.0.